The van der Waals surface area contributed by atoms with Crippen molar-refractivity contribution in [2.45, 2.75) is 24.6 Å². The number of amides is 1. The van der Waals surface area contributed by atoms with E-state index in [0.717, 1.165) is 30.0 Å². The highest BCUT2D eigenvalue weighted by atomic mass is 32.2. The molecule has 1 atom stereocenters. The molecule has 0 spiro atoms. The van der Waals surface area contributed by atoms with Gasteiger partial charge in [0.05, 0.1) is 19.5 Å². The van der Waals surface area contributed by atoms with Crippen LogP contribution in [0.2, 0.25) is 0 Å². The summed E-state index contributed by atoms with van der Waals surface area (Å²) in [7, 11) is -2.44. The monoisotopic (exact) mass is 490 g/mol. The number of halogens is 1. The van der Waals surface area contributed by atoms with E-state index in [2.05, 4.69) is 9.97 Å². The summed E-state index contributed by atoms with van der Waals surface area (Å²) in [5.74, 6) is -0.886. The summed E-state index contributed by atoms with van der Waals surface area (Å²) in [6.07, 6.45) is 4.49. The molecule has 12 heteroatoms. The second-order valence-electron chi connectivity index (χ2n) is 7.78. The summed E-state index contributed by atoms with van der Waals surface area (Å²) in [5.41, 5.74) is 1.93. The van der Waals surface area contributed by atoms with E-state index in [1.165, 1.54) is 25.0 Å². The second kappa shape index (κ2) is 9.69. The minimum absolute atomic E-state index is 0.0578. The molecule has 0 aliphatic heterocycles. The van der Waals surface area contributed by atoms with Gasteiger partial charge in [0.25, 0.3) is 11.5 Å². The number of nitrogens with one attached hydrogen (secondary N) is 1. The minimum atomic E-state index is -3.95. The highest BCUT2D eigenvalue weighted by Gasteiger charge is 2.43. The van der Waals surface area contributed by atoms with Crippen molar-refractivity contribution in [3.8, 4) is 28.3 Å². The Bertz CT molecular complexity index is 1360. The van der Waals surface area contributed by atoms with Gasteiger partial charge in [-0.25, -0.2) is 28.3 Å². The van der Waals surface area contributed by atoms with Crippen molar-refractivity contribution in [3.05, 3.63) is 65.1 Å². The molecule has 2 N–H and O–H groups in total. The average Bonchev–Trinajstić information content (AvgIpc) is 2.83. The number of ether oxygens (including phenoxy) is 1. The van der Waals surface area contributed by atoms with E-state index in [1.54, 1.807) is 24.3 Å². The van der Waals surface area contributed by atoms with Gasteiger partial charge >= 0.3 is 0 Å². The molecule has 2 heterocycles. The molecule has 3 rings (SSSR count). The van der Waals surface area contributed by atoms with Gasteiger partial charge in [0.2, 0.25) is 0 Å². The van der Waals surface area contributed by atoms with E-state index in [-0.39, 0.29) is 18.5 Å². The van der Waals surface area contributed by atoms with Gasteiger partial charge in [-0.05, 0) is 18.9 Å². The van der Waals surface area contributed by atoms with Crippen molar-refractivity contribution in [1.82, 2.24) is 20.0 Å². The maximum atomic E-state index is 14.9. The van der Waals surface area contributed by atoms with Crippen LogP contribution in [0.15, 0.2) is 53.7 Å². The zero-order valence-electron chi connectivity index (χ0n) is 18.6. The van der Waals surface area contributed by atoms with Crippen LogP contribution in [0.3, 0.4) is 0 Å². The molecule has 1 aromatic carbocycles. The van der Waals surface area contributed by atoms with Crippen LogP contribution in [-0.2, 0) is 21.2 Å². The molecule has 34 heavy (non-hydrogen) atoms. The highest BCUT2D eigenvalue weighted by Crippen LogP contribution is 2.26. The van der Waals surface area contributed by atoms with Gasteiger partial charge in [0, 0.05) is 36.2 Å². The molecule has 0 fully saturated rings. The summed E-state index contributed by atoms with van der Waals surface area (Å²) in [5, 5.41) is 8.90. The third-order valence-corrected chi connectivity index (χ3v) is 7.65. The van der Waals surface area contributed by atoms with Gasteiger partial charge in [0.15, 0.2) is 26.2 Å². The zero-order valence-corrected chi connectivity index (χ0v) is 19.5. The molecule has 180 valence electrons. The number of aryl methyl sites for hydroxylation is 1. The lowest BCUT2D eigenvalue weighted by molar-refractivity contribution is -0.131. The second-order valence-corrected chi connectivity index (χ2v) is 10.2. The number of aromatic nitrogens is 3. The Kier molecular flexibility index (Phi) is 7.12. The molecule has 10 nitrogen and oxygen atoms in total. The molecule has 0 bridgehead atoms. The summed E-state index contributed by atoms with van der Waals surface area (Å²) in [6, 6.07) is 7.72. The van der Waals surface area contributed by atoms with Crippen molar-refractivity contribution >= 4 is 15.7 Å². The van der Waals surface area contributed by atoms with E-state index < -0.39 is 31.9 Å². The summed E-state index contributed by atoms with van der Waals surface area (Å²) < 4.78 is 43.0. The Labute approximate surface area is 194 Å². The molecule has 0 saturated carbocycles. The Balaban J connectivity index is 1.85. The number of sulfone groups is 1. The number of methoxy groups -OCH3 is 1. The maximum absolute atomic E-state index is 14.9. The van der Waals surface area contributed by atoms with Gasteiger partial charge in [-0.1, -0.05) is 24.3 Å². The van der Waals surface area contributed by atoms with E-state index in [0.29, 0.717) is 22.7 Å². The van der Waals surface area contributed by atoms with Crippen molar-refractivity contribution in [2.75, 3.05) is 13.4 Å². The van der Waals surface area contributed by atoms with Gasteiger partial charge in [-0.3, -0.25) is 14.8 Å². The van der Waals surface area contributed by atoms with Crippen LogP contribution < -0.4 is 15.8 Å². The van der Waals surface area contributed by atoms with Crippen LogP contribution in [0.5, 0.6) is 5.75 Å². The third-order valence-electron chi connectivity index (χ3n) is 5.63. The van der Waals surface area contributed by atoms with Crippen LogP contribution in [0.1, 0.15) is 13.3 Å². The van der Waals surface area contributed by atoms with Crippen LogP contribution in [0.4, 0.5) is 4.39 Å². The first-order valence-electron chi connectivity index (χ1n) is 10.0. The van der Waals surface area contributed by atoms with E-state index in [4.69, 9.17) is 9.94 Å². The van der Waals surface area contributed by atoms with Crippen LogP contribution in [0.25, 0.3) is 22.5 Å². The topological polar surface area (TPSA) is 140 Å². The predicted octanol–water partition coefficient (Wildman–Crippen LogP) is 1.82. The number of benzene rings is 1. The minimum Gasteiger partial charge on any atom is -0.494 e. The lowest BCUT2D eigenvalue weighted by atomic mass is 10.0. The normalized spacial score (nSPS) is 13.2. The molecule has 0 radical (unpaired) electrons. The number of carbonyl (C=O) groups excluding carboxylic acids is 1. The number of hydroxylamine groups is 1. The van der Waals surface area contributed by atoms with Crippen molar-refractivity contribution in [3.63, 3.8) is 0 Å². The highest BCUT2D eigenvalue weighted by molar-refractivity contribution is 7.92. The number of pyridine rings is 1. The molecule has 3 aromatic rings. The van der Waals surface area contributed by atoms with E-state index in [9.17, 15) is 22.4 Å². The summed E-state index contributed by atoms with van der Waals surface area (Å²) in [4.78, 5) is 32.9. The SMILES string of the molecule is COc1cnc(-c2ccc(-c3cc(=O)n(CC[C@](C)(C(=O)NO)S(C)(=O)=O)cc3F)cc2)nc1. The fourth-order valence-corrected chi connectivity index (χ4v) is 4.07. The summed E-state index contributed by atoms with van der Waals surface area (Å²) in [6.45, 7) is 0.860. The van der Waals surface area contributed by atoms with E-state index >= 15 is 0 Å². The van der Waals surface area contributed by atoms with Crippen LogP contribution >= 0.6 is 0 Å². The Morgan fingerprint density at radius 2 is 1.79 bits per heavy atom. The third kappa shape index (κ3) is 4.97. The van der Waals surface area contributed by atoms with Crippen molar-refractivity contribution < 1.29 is 27.5 Å². The molecular weight excluding hydrogens is 467 g/mol. The van der Waals surface area contributed by atoms with Gasteiger partial charge in [-0.15, -0.1) is 0 Å². The van der Waals surface area contributed by atoms with Crippen molar-refractivity contribution in [2.24, 2.45) is 0 Å². The maximum Gasteiger partial charge on any atom is 0.264 e. The Hall–Kier alpha value is -3.64. The fourth-order valence-electron chi connectivity index (χ4n) is 3.23. The van der Waals surface area contributed by atoms with E-state index in [1.807, 2.05) is 0 Å². The number of hydrogen-bond acceptors (Lipinski definition) is 8. The molecular formula is C22H23FN4O6S. The van der Waals surface area contributed by atoms with Gasteiger partial charge in [-0.2, -0.15) is 0 Å². The lowest BCUT2D eigenvalue weighted by Gasteiger charge is -2.25. The molecule has 0 saturated heterocycles. The smallest absolute Gasteiger partial charge is 0.264 e. The molecule has 2 aromatic heterocycles. The Morgan fingerprint density at radius 1 is 1.21 bits per heavy atom. The molecule has 0 aliphatic carbocycles. The van der Waals surface area contributed by atoms with Crippen LogP contribution in [0, 0.1) is 5.82 Å². The van der Waals surface area contributed by atoms with Crippen molar-refractivity contribution in [1.29, 1.82) is 0 Å². The first-order chi connectivity index (χ1) is 16.0. The predicted molar refractivity (Wildman–Crippen MR) is 121 cm³/mol. The number of rotatable bonds is 8. The quantitative estimate of drug-likeness (QED) is 0.360. The number of hydrogen-bond donors (Lipinski definition) is 2. The summed E-state index contributed by atoms with van der Waals surface area (Å²) >= 11 is 0. The zero-order chi connectivity index (χ0) is 25.1. The first kappa shape index (κ1) is 25.0. The number of nitrogens with zero attached hydrogens (tertiary/aromatic N) is 3. The molecule has 0 unspecified atom stereocenters. The number of carbonyl (C=O) groups is 1. The lowest BCUT2D eigenvalue weighted by Crippen LogP contribution is -2.50. The van der Waals surface area contributed by atoms with Crippen LogP contribution in [-0.4, -0.2) is 52.2 Å². The molecule has 0 aliphatic rings. The Morgan fingerprint density at radius 3 is 2.32 bits per heavy atom. The average molecular weight is 491 g/mol. The largest absolute Gasteiger partial charge is 0.494 e. The first-order valence-corrected chi connectivity index (χ1v) is 11.9. The standard InChI is InChI=1S/C22H23FN4O6S/c1-22(21(29)26-30,34(3,31)32)8-9-27-13-18(23)17(10-19(27)28)14-4-6-15(7-5-14)20-24-11-16(33-2)12-25-20/h4-7,10-13,30H,8-9H2,1-3H3,(H,26,29)/t22-/m1/s1. The molecule has 1 amide bonds. The fraction of sp³-hybridized carbons (Fsp3) is 0.273. The van der Waals surface area contributed by atoms with Gasteiger partial charge in [0.1, 0.15) is 5.82 Å². The van der Waals surface area contributed by atoms with Gasteiger partial charge < -0.3 is 9.30 Å².